The van der Waals surface area contributed by atoms with Gasteiger partial charge in [-0.1, -0.05) is 86.0 Å². The second kappa shape index (κ2) is 16.1. The lowest BCUT2D eigenvalue weighted by atomic mass is 9.73. The average molecular weight is 601 g/mol. The Hall–Kier alpha value is -0.480. The summed E-state index contributed by atoms with van der Waals surface area (Å²) in [6.45, 7) is 4.48. The van der Waals surface area contributed by atoms with E-state index in [9.17, 15) is 0 Å². The van der Waals surface area contributed by atoms with Crippen LogP contribution in [0.1, 0.15) is 93.6 Å². The summed E-state index contributed by atoms with van der Waals surface area (Å²) >= 11 is 13.0. The second-order valence-corrected chi connectivity index (χ2v) is 12.6. The highest BCUT2D eigenvalue weighted by molar-refractivity contribution is 6.30. The standard InChI is InChI=1S/C32H44Cl2N2.2ClH/c33-28-15-7-13-26(19-28)31(24-9-3-1-4-10-24)21-30-22-35-17-18-36(30)23-32(25-11-5-2-6-12-25)27-14-8-16-29(34)20-27;;/h7-8,13-16,19-20,24-25,30-32,35H,1-6,9-12,17-18,21-23H2;2*1H. The van der Waals surface area contributed by atoms with E-state index in [2.05, 4.69) is 46.6 Å². The minimum atomic E-state index is 0. The van der Waals surface area contributed by atoms with Gasteiger partial charge in [0.1, 0.15) is 0 Å². The van der Waals surface area contributed by atoms with Crippen LogP contribution in [0.3, 0.4) is 0 Å². The fourth-order valence-corrected chi connectivity index (χ4v) is 7.89. The lowest BCUT2D eigenvalue weighted by Gasteiger charge is -2.43. The molecule has 2 nitrogen and oxygen atoms in total. The van der Waals surface area contributed by atoms with Gasteiger partial charge in [-0.25, -0.2) is 0 Å². The molecule has 1 heterocycles. The highest BCUT2D eigenvalue weighted by atomic mass is 35.5. The lowest BCUT2D eigenvalue weighted by molar-refractivity contribution is 0.110. The van der Waals surface area contributed by atoms with Gasteiger partial charge >= 0.3 is 0 Å². The maximum absolute atomic E-state index is 6.50. The Morgan fingerprint density at radius 1 is 0.737 bits per heavy atom. The van der Waals surface area contributed by atoms with Gasteiger partial charge in [0, 0.05) is 42.3 Å². The largest absolute Gasteiger partial charge is 0.314 e. The molecule has 2 aromatic carbocycles. The van der Waals surface area contributed by atoms with Gasteiger partial charge in [-0.05, 0) is 91.2 Å². The van der Waals surface area contributed by atoms with Crippen LogP contribution in [-0.2, 0) is 0 Å². The number of nitrogens with one attached hydrogen (secondary N) is 1. The van der Waals surface area contributed by atoms with Crippen LogP contribution in [-0.4, -0.2) is 37.1 Å². The zero-order valence-electron chi connectivity index (χ0n) is 22.6. The van der Waals surface area contributed by atoms with E-state index in [0.717, 1.165) is 48.1 Å². The average Bonchev–Trinajstić information content (AvgIpc) is 2.92. The maximum atomic E-state index is 6.50. The summed E-state index contributed by atoms with van der Waals surface area (Å²) in [7, 11) is 0. The monoisotopic (exact) mass is 598 g/mol. The molecule has 1 aliphatic heterocycles. The molecule has 0 spiro atoms. The van der Waals surface area contributed by atoms with Gasteiger partial charge in [0.05, 0.1) is 0 Å². The molecule has 1 saturated heterocycles. The van der Waals surface area contributed by atoms with E-state index < -0.39 is 0 Å². The highest BCUT2D eigenvalue weighted by Gasteiger charge is 2.34. The summed E-state index contributed by atoms with van der Waals surface area (Å²) in [5.41, 5.74) is 2.91. The van der Waals surface area contributed by atoms with Crippen LogP contribution in [0.25, 0.3) is 0 Å². The third-order valence-corrected chi connectivity index (χ3v) is 9.89. The van der Waals surface area contributed by atoms with E-state index in [0.29, 0.717) is 17.9 Å². The molecular formula is C32H46Cl4N2. The quantitative estimate of drug-likeness (QED) is 0.325. The van der Waals surface area contributed by atoms with Crippen molar-refractivity contribution in [3.8, 4) is 0 Å². The molecule has 3 fully saturated rings. The van der Waals surface area contributed by atoms with Gasteiger partial charge in [-0.2, -0.15) is 0 Å². The molecule has 6 heteroatoms. The molecule has 0 amide bonds. The summed E-state index contributed by atoms with van der Waals surface area (Å²) < 4.78 is 0. The Morgan fingerprint density at radius 3 is 1.82 bits per heavy atom. The molecule has 3 atom stereocenters. The lowest BCUT2D eigenvalue weighted by Crippen LogP contribution is -2.53. The maximum Gasteiger partial charge on any atom is 0.0408 e. The van der Waals surface area contributed by atoms with E-state index in [4.69, 9.17) is 23.2 Å². The SMILES string of the molecule is Cl.Cl.Clc1cccc(C(CC2CNCCN2CC(c2cccc(Cl)c2)C2CCCCC2)C2CCCCC2)c1. The highest BCUT2D eigenvalue weighted by Crippen LogP contribution is 2.42. The smallest absolute Gasteiger partial charge is 0.0408 e. The molecule has 2 aromatic rings. The van der Waals surface area contributed by atoms with Gasteiger partial charge < -0.3 is 5.32 Å². The minimum Gasteiger partial charge on any atom is -0.314 e. The van der Waals surface area contributed by atoms with Crippen LogP contribution >= 0.6 is 48.0 Å². The molecule has 0 aromatic heterocycles. The van der Waals surface area contributed by atoms with E-state index >= 15 is 0 Å². The first-order valence-electron chi connectivity index (χ1n) is 14.6. The summed E-state index contributed by atoms with van der Waals surface area (Å²) in [5.74, 6) is 2.72. The molecule has 38 heavy (non-hydrogen) atoms. The summed E-state index contributed by atoms with van der Waals surface area (Å²) in [6.07, 6.45) is 15.0. The molecule has 3 unspecified atom stereocenters. The Bertz CT molecular complexity index is 880. The van der Waals surface area contributed by atoms with E-state index in [-0.39, 0.29) is 24.8 Å². The van der Waals surface area contributed by atoms with Crippen molar-refractivity contribution in [1.29, 1.82) is 0 Å². The molecule has 3 aliphatic rings. The number of halogens is 4. The molecule has 2 aliphatic carbocycles. The van der Waals surface area contributed by atoms with Crippen molar-refractivity contribution in [1.82, 2.24) is 10.2 Å². The fourth-order valence-electron chi connectivity index (χ4n) is 7.50. The molecule has 0 radical (unpaired) electrons. The Labute approximate surface area is 253 Å². The molecule has 5 rings (SSSR count). The van der Waals surface area contributed by atoms with E-state index in [1.165, 1.54) is 81.8 Å². The van der Waals surface area contributed by atoms with E-state index in [1.54, 1.807) is 0 Å². The van der Waals surface area contributed by atoms with E-state index in [1.807, 2.05) is 12.1 Å². The molecule has 212 valence electrons. The minimum absolute atomic E-state index is 0. The van der Waals surface area contributed by atoms with Crippen LogP contribution in [0, 0.1) is 11.8 Å². The molecule has 1 N–H and O–H groups in total. The van der Waals surface area contributed by atoms with Crippen molar-refractivity contribution >= 4 is 48.0 Å². The Balaban J connectivity index is 0.00000200. The van der Waals surface area contributed by atoms with Crippen LogP contribution in [0.2, 0.25) is 10.0 Å². The zero-order chi connectivity index (χ0) is 24.7. The van der Waals surface area contributed by atoms with Gasteiger partial charge in [0.25, 0.3) is 0 Å². The third-order valence-electron chi connectivity index (χ3n) is 9.42. The van der Waals surface area contributed by atoms with Gasteiger partial charge in [-0.3, -0.25) is 4.90 Å². The van der Waals surface area contributed by atoms with Gasteiger partial charge in [-0.15, -0.1) is 24.8 Å². The number of benzene rings is 2. The summed E-state index contributed by atoms with van der Waals surface area (Å²) in [5, 5.41) is 5.51. The van der Waals surface area contributed by atoms with Crippen molar-refractivity contribution in [2.75, 3.05) is 26.2 Å². The molecule has 0 bridgehead atoms. The van der Waals surface area contributed by atoms with Crippen molar-refractivity contribution < 1.29 is 0 Å². The van der Waals surface area contributed by atoms with Crippen molar-refractivity contribution in [3.05, 3.63) is 69.7 Å². The summed E-state index contributed by atoms with van der Waals surface area (Å²) in [6, 6.07) is 18.1. The van der Waals surface area contributed by atoms with Crippen molar-refractivity contribution in [2.45, 2.75) is 88.5 Å². The number of hydrogen-bond acceptors (Lipinski definition) is 2. The molecular weight excluding hydrogens is 554 g/mol. The topological polar surface area (TPSA) is 15.3 Å². The summed E-state index contributed by atoms with van der Waals surface area (Å²) in [4.78, 5) is 2.84. The number of hydrogen-bond donors (Lipinski definition) is 1. The predicted molar refractivity (Wildman–Crippen MR) is 169 cm³/mol. The van der Waals surface area contributed by atoms with Crippen LogP contribution in [0.5, 0.6) is 0 Å². The molecule has 2 saturated carbocycles. The predicted octanol–water partition coefficient (Wildman–Crippen LogP) is 9.53. The van der Waals surface area contributed by atoms with Crippen LogP contribution < -0.4 is 5.32 Å². The van der Waals surface area contributed by atoms with Gasteiger partial charge in [0.2, 0.25) is 0 Å². The van der Waals surface area contributed by atoms with Crippen molar-refractivity contribution in [3.63, 3.8) is 0 Å². The number of rotatable bonds is 8. The Kier molecular flexibility index (Phi) is 13.6. The first-order valence-corrected chi connectivity index (χ1v) is 15.4. The van der Waals surface area contributed by atoms with Crippen LogP contribution in [0.15, 0.2) is 48.5 Å². The first kappa shape index (κ1) is 32.0. The van der Waals surface area contributed by atoms with Gasteiger partial charge in [0.15, 0.2) is 0 Å². The second-order valence-electron chi connectivity index (χ2n) is 11.7. The van der Waals surface area contributed by atoms with Crippen molar-refractivity contribution in [2.24, 2.45) is 11.8 Å². The Morgan fingerprint density at radius 2 is 1.26 bits per heavy atom. The number of nitrogens with zero attached hydrogens (tertiary/aromatic N) is 1. The normalized spacial score (nSPS) is 23.2. The first-order chi connectivity index (χ1) is 17.7. The van der Waals surface area contributed by atoms with Crippen LogP contribution in [0.4, 0.5) is 0 Å². The fraction of sp³-hybridized carbons (Fsp3) is 0.625. The number of piperazine rings is 1. The third kappa shape index (κ3) is 8.51. The zero-order valence-corrected chi connectivity index (χ0v) is 25.8.